The summed E-state index contributed by atoms with van der Waals surface area (Å²) in [6.07, 6.45) is -3.37. The molecular formula is C8H10F5NO. The third-order valence-electron chi connectivity index (χ3n) is 2.42. The molecule has 0 saturated heterocycles. The molecule has 0 radical (unpaired) electrons. The second-order valence-electron chi connectivity index (χ2n) is 3.58. The van der Waals surface area contributed by atoms with E-state index in [1.54, 1.807) is 5.32 Å². The summed E-state index contributed by atoms with van der Waals surface area (Å²) in [5, 5.41) is 1.62. The summed E-state index contributed by atoms with van der Waals surface area (Å²) in [7, 11) is 0. The molecule has 1 aliphatic carbocycles. The second kappa shape index (κ2) is 3.94. The zero-order chi connectivity index (χ0) is 11.7. The fraction of sp³-hybridized carbons (Fsp3) is 0.875. The monoisotopic (exact) mass is 231 g/mol. The molecule has 0 aromatic carbocycles. The zero-order valence-corrected chi connectivity index (χ0v) is 7.70. The summed E-state index contributed by atoms with van der Waals surface area (Å²) in [6, 6.07) is 0. The van der Waals surface area contributed by atoms with Crippen molar-refractivity contribution in [2.75, 3.05) is 6.54 Å². The molecule has 0 spiro atoms. The smallest absolute Gasteiger partial charge is 0.350 e. The van der Waals surface area contributed by atoms with Gasteiger partial charge in [0.15, 0.2) is 0 Å². The highest BCUT2D eigenvalue weighted by Gasteiger charge is 2.63. The van der Waals surface area contributed by atoms with Gasteiger partial charge in [-0.15, -0.1) is 0 Å². The Morgan fingerprint density at radius 3 is 2.07 bits per heavy atom. The number of halogens is 5. The Kier molecular flexibility index (Phi) is 3.20. The molecule has 0 aromatic heterocycles. The van der Waals surface area contributed by atoms with Gasteiger partial charge in [0.1, 0.15) is 0 Å². The highest BCUT2D eigenvalue weighted by atomic mass is 19.4. The van der Waals surface area contributed by atoms with Crippen molar-refractivity contribution in [1.82, 2.24) is 5.32 Å². The molecule has 0 unspecified atom stereocenters. The lowest BCUT2D eigenvalue weighted by Gasteiger charge is -2.26. The molecule has 1 rings (SSSR count). The molecule has 0 aliphatic heterocycles. The number of amides is 1. The predicted molar refractivity (Wildman–Crippen MR) is 41.4 cm³/mol. The lowest BCUT2D eigenvalue weighted by atomic mass is 9.85. The number of carbonyl (C=O) groups excluding carboxylic acids is 1. The van der Waals surface area contributed by atoms with Crippen molar-refractivity contribution < 1.29 is 26.7 Å². The Morgan fingerprint density at radius 1 is 1.20 bits per heavy atom. The van der Waals surface area contributed by atoms with E-state index in [1.807, 2.05) is 0 Å². The second-order valence-corrected chi connectivity index (χ2v) is 3.58. The van der Waals surface area contributed by atoms with Crippen LogP contribution >= 0.6 is 0 Å². The standard InChI is InChI=1S/C8H10F5NO/c9-7(10,8(11,12)13)6(15)14-4-5-2-1-3-5/h5H,1-4H2,(H,14,15). The number of nitrogens with one attached hydrogen (secondary N) is 1. The maximum absolute atomic E-state index is 12.4. The molecule has 2 nitrogen and oxygen atoms in total. The van der Waals surface area contributed by atoms with Gasteiger partial charge in [0.05, 0.1) is 0 Å². The molecule has 7 heteroatoms. The van der Waals surface area contributed by atoms with Crippen LogP contribution in [-0.4, -0.2) is 24.6 Å². The van der Waals surface area contributed by atoms with Gasteiger partial charge >= 0.3 is 12.1 Å². The van der Waals surface area contributed by atoms with E-state index in [1.165, 1.54) is 0 Å². The van der Waals surface area contributed by atoms with Crippen molar-refractivity contribution in [2.45, 2.75) is 31.4 Å². The van der Waals surface area contributed by atoms with Crippen molar-refractivity contribution in [3.63, 3.8) is 0 Å². The topological polar surface area (TPSA) is 29.1 Å². The first-order chi connectivity index (χ1) is 6.75. The molecule has 1 fully saturated rings. The number of alkyl halides is 5. The van der Waals surface area contributed by atoms with Gasteiger partial charge in [0.25, 0.3) is 5.91 Å². The van der Waals surface area contributed by atoms with Gasteiger partial charge < -0.3 is 5.32 Å². The van der Waals surface area contributed by atoms with Gasteiger partial charge in [-0.1, -0.05) is 6.42 Å². The number of rotatable bonds is 3. The van der Waals surface area contributed by atoms with E-state index in [4.69, 9.17) is 0 Å². The van der Waals surface area contributed by atoms with Gasteiger partial charge in [-0.2, -0.15) is 22.0 Å². The summed E-state index contributed by atoms with van der Waals surface area (Å²) in [5.41, 5.74) is 0. The lowest BCUT2D eigenvalue weighted by molar-refractivity contribution is -0.269. The average Bonchev–Trinajstić information content (AvgIpc) is 1.98. The van der Waals surface area contributed by atoms with E-state index in [-0.39, 0.29) is 12.5 Å². The molecule has 88 valence electrons. The minimum atomic E-state index is -5.82. The van der Waals surface area contributed by atoms with Crippen molar-refractivity contribution in [2.24, 2.45) is 5.92 Å². The van der Waals surface area contributed by atoms with Crippen LogP contribution in [0.5, 0.6) is 0 Å². The van der Waals surface area contributed by atoms with E-state index in [0.29, 0.717) is 0 Å². The van der Waals surface area contributed by atoms with Crippen LogP contribution in [0.4, 0.5) is 22.0 Å². The van der Waals surface area contributed by atoms with E-state index >= 15 is 0 Å². The fourth-order valence-corrected chi connectivity index (χ4v) is 1.17. The molecule has 0 heterocycles. The maximum Gasteiger partial charge on any atom is 0.463 e. The highest BCUT2D eigenvalue weighted by molar-refractivity contribution is 5.84. The summed E-state index contributed by atoms with van der Waals surface area (Å²) in [4.78, 5) is 10.6. The van der Waals surface area contributed by atoms with E-state index in [0.717, 1.165) is 19.3 Å². The minimum absolute atomic E-state index is 0.0398. The third kappa shape index (κ3) is 2.57. The number of hydrogen-bond donors (Lipinski definition) is 1. The summed E-state index contributed by atoms with van der Waals surface area (Å²) >= 11 is 0. The first kappa shape index (κ1) is 12.2. The summed E-state index contributed by atoms with van der Waals surface area (Å²) in [6.45, 7) is -0.107. The van der Waals surface area contributed by atoms with Crippen LogP contribution < -0.4 is 5.32 Å². The predicted octanol–water partition coefficient (Wildman–Crippen LogP) is 2.10. The van der Waals surface area contributed by atoms with Crippen LogP contribution in [0.1, 0.15) is 19.3 Å². The fourth-order valence-electron chi connectivity index (χ4n) is 1.17. The van der Waals surface area contributed by atoms with Crippen LogP contribution in [-0.2, 0) is 4.79 Å². The van der Waals surface area contributed by atoms with Crippen molar-refractivity contribution >= 4 is 5.91 Å². The Bertz CT molecular complexity index is 246. The maximum atomic E-state index is 12.4. The van der Waals surface area contributed by atoms with Crippen LogP contribution in [0.3, 0.4) is 0 Å². The quantitative estimate of drug-likeness (QED) is 0.740. The van der Waals surface area contributed by atoms with Crippen molar-refractivity contribution in [1.29, 1.82) is 0 Å². The highest BCUT2D eigenvalue weighted by Crippen LogP contribution is 2.35. The molecular weight excluding hydrogens is 221 g/mol. The molecule has 15 heavy (non-hydrogen) atoms. The van der Waals surface area contributed by atoms with Crippen LogP contribution in [0.25, 0.3) is 0 Å². The van der Waals surface area contributed by atoms with Crippen molar-refractivity contribution in [3.8, 4) is 0 Å². The van der Waals surface area contributed by atoms with Gasteiger partial charge in [0, 0.05) is 6.54 Å². The van der Waals surface area contributed by atoms with Gasteiger partial charge in [-0.05, 0) is 18.8 Å². The molecule has 1 N–H and O–H groups in total. The molecule has 1 saturated carbocycles. The average molecular weight is 231 g/mol. The largest absolute Gasteiger partial charge is 0.463 e. The van der Waals surface area contributed by atoms with Gasteiger partial charge in [-0.25, -0.2) is 0 Å². The normalized spacial score (nSPS) is 18.5. The van der Waals surface area contributed by atoms with Crippen molar-refractivity contribution in [3.05, 3.63) is 0 Å². The zero-order valence-electron chi connectivity index (χ0n) is 7.70. The van der Waals surface area contributed by atoms with Crippen LogP contribution in [0.2, 0.25) is 0 Å². The SMILES string of the molecule is O=C(NCC1CCC1)C(F)(F)C(F)(F)F. The Balaban J connectivity index is 2.44. The van der Waals surface area contributed by atoms with E-state index in [9.17, 15) is 26.7 Å². The summed E-state index contributed by atoms with van der Waals surface area (Å²) in [5.74, 6) is -7.52. The Labute approximate surface area is 82.8 Å². The first-order valence-corrected chi connectivity index (χ1v) is 4.48. The minimum Gasteiger partial charge on any atom is -0.350 e. The molecule has 0 bridgehead atoms. The molecule has 0 atom stereocenters. The van der Waals surface area contributed by atoms with E-state index in [2.05, 4.69) is 0 Å². The Hall–Kier alpha value is -0.880. The molecule has 1 amide bonds. The van der Waals surface area contributed by atoms with Gasteiger partial charge in [0.2, 0.25) is 0 Å². The van der Waals surface area contributed by atoms with Gasteiger partial charge in [-0.3, -0.25) is 4.79 Å². The lowest BCUT2D eigenvalue weighted by Crippen LogP contribution is -2.51. The third-order valence-corrected chi connectivity index (χ3v) is 2.42. The number of carbonyl (C=O) groups is 1. The van der Waals surface area contributed by atoms with Crippen LogP contribution in [0.15, 0.2) is 0 Å². The van der Waals surface area contributed by atoms with E-state index < -0.39 is 18.0 Å². The first-order valence-electron chi connectivity index (χ1n) is 4.48. The molecule has 0 aromatic rings. The molecule has 1 aliphatic rings. The summed E-state index contributed by atoms with van der Waals surface area (Å²) < 4.78 is 59.8. The number of hydrogen-bond acceptors (Lipinski definition) is 1. The van der Waals surface area contributed by atoms with Crippen LogP contribution in [0, 0.1) is 5.92 Å². The Morgan fingerprint density at radius 2 is 1.73 bits per heavy atom.